The number of methoxy groups -OCH3 is 1. The summed E-state index contributed by atoms with van der Waals surface area (Å²) in [6.07, 6.45) is 4.51. The quantitative estimate of drug-likeness (QED) is 0.577. The third-order valence-corrected chi connectivity index (χ3v) is 2.58. The molecule has 0 saturated heterocycles. The van der Waals surface area contributed by atoms with Crippen LogP contribution in [0, 0.1) is 0 Å². The van der Waals surface area contributed by atoms with Crippen molar-refractivity contribution in [2.24, 2.45) is 0 Å². The molecule has 3 nitrogen and oxygen atoms in total. The van der Waals surface area contributed by atoms with Crippen LogP contribution in [0.5, 0.6) is 0 Å². The van der Waals surface area contributed by atoms with E-state index in [1.165, 1.54) is 12.8 Å². The van der Waals surface area contributed by atoms with Crippen molar-refractivity contribution in [3.05, 3.63) is 0 Å². The third-order valence-electron chi connectivity index (χ3n) is 2.58. The van der Waals surface area contributed by atoms with Crippen molar-refractivity contribution >= 4 is 0 Å². The van der Waals surface area contributed by atoms with E-state index in [1.54, 1.807) is 7.11 Å². The summed E-state index contributed by atoms with van der Waals surface area (Å²) in [6, 6.07) is 0.498. The van der Waals surface area contributed by atoms with Gasteiger partial charge in [-0.15, -0.1) is 0 Å². The van der Waals surface area contributed by atoms with Gasteiger partial charge in [-0.1, -0.05) is 12.8 Å². The zero-order valence-corrected chi connectivity index (χ0v) is 9.83. The van der Waals surface area contributed by atoms with Crippen molar-refractivity contribution in [1.29, 1.82) is 0 Å². The van der Waals surface area contributed by atoms with E-state index in [9.17, 15) is 0 Å². The van der Waals surface area contributed by atoms with E-state index < -0.39 is 0 Å². The molecule has 1 N–H and O–H groups in total. The van der Waals surface area contributed by atoms with E-state index in [0.717, 1.165) is 26.0 Å². The number of hydrogen-bond acceptors (Lipinski definition) is 3. The molecule has 0 amide bonds. The summed E-state index contributed by atoms with van der Waals surface area (Å²) >= 11 is 0. The minimum Gasteiger partial charge on any atom is -0.396 e. The number of rotatable bonds is 9. The Morgan fingerprint density at radius 2 is 1.86 bits per heavy atom. The standard InChI is InChI=1S/C11H25NO2/c1-11(10-14-3)12(2)8-6-4-5-7-9-13/h11,13H,4-10H2,1-3H3. The Morgan fingerprint density at radius 3 is 2.43 bits per heavy atom. The van der Waals surface area contributed by atoms with Gasteiger partial charge in [0.1, 0.15) is 0 Å². The fourth-order valence-corrected chi connectivity index (χ4v) is 1.42. The van der Waals surface area contributed by atoms with Gasteiger partial charge in [-0.25, -0.2) is 0 Å². The molecule has 0 aliphatic carbocycles. The number of unbranched alkanes of at least 4 members (excludes halogenated alkanes) is 3. The molecule has 0 aromatic heterocycles. The van der Waals surface area contributed by atoms with Gasteiger partial charge < -0.3 is 14.7 Å². The molecule has 86 valence electrons. The summed E-state index contributed by atoms with van der Waals surface area (Å²) in [6.45, 7) is 4.43. The van der Waals surface area contributed by atoms with Crippen LogP contribution < -0.4 is 0 Å². The number of nitrogens with zero attached hydrogens (tertiary/aromatic N) is 1. The molecule has 0 aliphatic heterocycles. The van der Waals surface area contributed by atoms with Crippen molar-refractivity contribution in [3.63, 3.8) is 0 Å². The first-order valence-corrected chi connectivity index (χ1v) is 5.52. The first-order valence-electron chi connectivity index (χ1n) is 5.52. The number of likely N-dealkylation sites (N-methyl/N-ethyl adjacent to an activating group) is 1. The van der Waals surface area contributed by atoms with Crippen molar-refractivity contribution in [3.8, 4) is 0 Å². The molecule has 0 heterocycles. The maximum absolute atomic E-state index is 8.61. The van der Waals surface area contributed by atoms with Crippen molar-refractivity contribution in [2.45, 2.75) is 38.6 Å². The van der Waals surface area contributed by atoms with Gasteiger partial charge in [0.15, 0.2) is 0 Å². The Labute approximate surface area is 88.1 Å². The predicted octanol–water partition coefficient (Wildman–Crippen LogP) is 1.51. The van der Waals surface area contributed by atoms with Gasteiger partial charge in [0.05, 0.1) is 6.61 Å². The zero-order valence-electron chi connectivity index (χ0n) is 9.83. The third kappa shape index (κ3) is 7.30. The Kier molecular flexibility index (Phi) is 9.35. The highest BCUT2D eigenvalue weighted by molar-refractivity contribution is 4.61. The number of ether oxygens (including phenoxy) is 1. The van der Waals surface area contributed by atoms with E-state index in [1.807, 2.05) is 0 Å². The van der Waals surface area contributed by atoms with Crippen LogP contribution in [-0.2, 0) is 4.74 Å². The van der Waals surface area contributed by atoms with Gasteiger partial charge in [0.2, 0.25) is 0 Å². The summed E-state index contributed by atoms with van der Waals surface area (Å²) in [7, 11) is 3.88. The van der Waals surface area contributed by atoms with Crippen molar-refractivity contribution in [2.75, 3.05) is 33.9 Å². The van der Waals surface area contributed by atoms with Gasteiger partial charge >= 0.3 is 0 Å². The molecule has 0 aliphatic rings. The van der Waals surface area contributed by atoms with E-state index in [-0.39, 0.29) is 0 Å². The molecule has 0 aromatic rings. The smallest absolute Gasteiger partial charge is 0.0615 e. The summed E-state index contributed by atoms with van der Waals surface area (Å²) in [5.74, 6) is 0. The Bertz CT molecular complexity index is 120. The van der Waals surface area contributed by atoms with Crippen LogP contribution in [0.3, 0.4) is 0 Å². The topological polar surface area (TPSA) is 32.7 Å². The first-order chi connectivity index (χ1) is 6.72. The lowest BCUT2D eigenvalue weighted by atomic mass is 10.2. The second-order valence-electron chi connectivity index (χ2n) is 3.92. The second-order valence-corrected chi connectivity index (χ2v) is 3.92. The minimum atomic E-state index is 0.329. The fourth-order valence-electron chi connectivity index (χ4n) is 1.42. The second kappa shape index (κ2) is 9.44. The lowest BCUT2D eigenvalue weighted by Gasteiger charge is -2.23. The highest BCUT2D eigenvalue weighted by Crippen LogP contribution is 2.03. The molecule has 0 radical (unpaired) electrons. The summed E-state index contributed by atoms with van der Waals surface area (Å²) in [5, 5.41) is 8.61. The number of hydrogen-bond donors (Lipinski definition) is 1. The molecule has 0 aromatic carbocycles. The highest BCUT2D eigenvalue weighted by atomic mass is 16.5. The molecular weight excluding hydrogens is 178 g/mol. The van der Waals surface area contributed by atoms with Gasteiger partial charge in [-0.3, -0.25) is 0 Å². The molecule has 14 heavy (non-hydrogen) atoms. The van der Waals surface area contributed by atoms with Crippen LogP contribution in [-0.4, -0.2) is 50.0 Å². The zero-order chi connectivity index (χ0) is 10.8. The maximum Gasteiger partial charge on any atom is 0.0615 e. The van der Waals surface area contributed by atoms with Crippen LogP contribution in [0.2, 0.25) is 0 Å². The van der Waals surface area contributed by atoms with Gasteiger partial charge in [0, 0.05) is 19.8 Å². The summed E-state index contributed by atoms with van der Waals surface area (Å²) in [4.78, 5) is 2.32. The summed E-state index contributed by atoms with van der Waals surface area (Å²) in [5.41, 5.74) is 0. The Morgan fingerprint density at radius 1 is 1.21 bits per heavy atom. The normalized spacial score (nSPS) is 13.5. The molecule has 0 bridgehead atoms. The van der Waals surface area contributed by atoms with Gasteiger partial charge in [-0.05, 0) is 33.4 Å². The van der Waals surface area contributed by atoms with E-state index in [2.05, 4.69) is 18.9 Å². The predicted molar refractivity (Wildman–Crippen MR) is 59.5 cm³/mol. The number of aliphatic hydroxyl groups excluding tert-OH is 1. The molecule has 0 saturated carbocycles. The SMILES string of the molecule is COCC(C)N(C)CCCCCCO. The van der Waals surface area contributed by atoms with Gasteiger partial charge in [0.25, 0.3) is 0 Å². The average Bonchev–Trinajstić information content (AvgIpc) is 2.17. The maximum atomic E-state index is 8.61. The lowest BCUT2D eigenvalue weighted by molar-refractivity contribution is 0.114. The Balaban J connectivity index is 3.29. The van der Waals surface area contributed by atoms with E-state index in [4.69, 9.17) is 9.84 Å². The van der Waals surface area contributed by atoms with E-state index in [0.29, 0.717) is 12.6 Å². The van der Waals surface area contributed by atoms with Crippen LogP contribution in [0.1, 0.15) is 32.6 Å². The number of aliphatic hydroxyl groups is 1. The van der Waals surface area contributed by atoms with Crippen LogP contribution in [0.25, 0.3) is 0 Å². The molecular formula is C11H25NO2. The molecule has 1 atom stereocenters. The van der Waals surface area contributed by atoms with Crippen LogP contribution >= 0.6 is 0 Å². The van der Waals surface area contributed by atoms with Crippen LogP contribution in [0.15, 0.2) is 0 Å². The van der Waals surface area contributed by atoms with Crippen molar-refractivity contribution in [1.82, 2.24) is 4.90 Å². The molecule has 1 unspecified atom stereocenters. The highest BCUT2D eigenvalue weighted by Gasteiger charge is 2.07. The monoisotopic (exact) mass is 203 g/mol. The lowest BCUT2D eigenvalue weighted by Crippen LogP contribution is -2.33. The summed E-state index contributed by atoms with van der Waals surface area (Å²) < 4.78 is 5.09. The van der Waals surface area contributed by atoms with E-state index >= 15 is 0 Å². The average molecular weight is 203 g/mol. The van der Waals surface area contributed by atoms with Crippen LogP contribution in [0.4, 0.5) is 0 Å². The molecule has 3 heteroatoms. The fraction of sp³-hybridized carbons (Fsp3) is 1.00. The Hall–Kier alpha value is -0.120. The molecule has 0 spiro atoms. The first kappa shape index (κ1) is 13.9. The van der Waals surface area contributed by atoms with Crippen molar-refractivity contribution < 1.29 is 9.84 Å². The molecule has 0 fully saturated rings. The molecule has 0 rings (SSSR count). The minimum absolute atomic E-state index is 0.329. The largest absolute Gasteiger partial charge is 0.396 e. The van der Waals surface area contributed by atoms with Gasteiger partial charge in [-0.2, -0.15) is 0 Å².